The van der Waals surface area contributed by atoms with Gasteiger partial charge >= 0.3 is 0 Å². The van der Waals surface area contributed by atoms with E-state index in [1.807, 2.05) is 7.05 Å². The van der Waals surface area contributed by atoms with Crippen molar-refractivity contribution in [2.75, 3.05) is 20.1 Å². The zero-order valence-electron chi connectivity index (χ0n) is 8.64. The number of nitrogens with one attached hydrogen (secondary N) is 1. The van der Waals surface area contributed by atoms with Crippen LogP contribution in [-0.2, 0) is 0 Å². The Kier molecular flexibility index (Phi) is 4.02. The number of hydrogen-bond acceptors (Lipinski definition) is 2. The average Bonchev–Trinajstić information content (AvgIpc) is 2.05. The van der Waals surface area contributed by atoms with Crippen LogP contribution in [0.25, 0.3) is 0 Å². The van der Waals surface area contributed by atoms with E-state index in [0.717, 1.165) is 12.6 Å². The van der Waals surface area contributed by atoms with E-state index < -0.39 is 0 Å². The van der Waals surface area contributed by atoms with E-state index in [1.165, 1.54) is 25.8 Å². The maximum Gasteiger partial charge on any atom is 0.0223 e. The molecule has 1 fully saturated rings. The van der Waals surface area contributed by atoms with Gasteiger partial charge in [0.25, 0.3) is 0 Å². The van der Waals surface area contributed by atoms with Gasteiger partial charge in [0.15, 0.2) is 0 Å². The lowest BCUT2D eigenvalue weighted by Crippen LogP contribution is -2.48. The van der Waals surface area contributed by atoms with Gasteiger partial charge in [-0.1, -0.05) is 6.42 Å². The van der Waals surface area contributed by atoms with Crippen LogP contribution in [0.1, 0.15) is 33.1 Å². The molecule has 1 rings (SSSR count). The molecule has 0 saturated carbocycles. The molecular formula is C10H22N2. The summed E-state index contributed by atoms with van der Waals surface area (Å²) >= 11 is 0. The Labute approximate surface area is 76.3 Å². The number of rotatable bonds is 3. The first kappa shape index (κ1) is 10.0. The molecule has 0 aliphatic carbocycles. The number of nitrogens with zero attached hydrogens (tertiary/aromatic N) is 1. The summed E-state index contributed by atoms with van der Waals surface area (Å²) in [4.78, 5) is 2.62. The number of hydrogen-bond donors (Lipinski definition) is 1. The second-order valence-corrected chi connectivity index (χ2v) is 4.04. The highest BCUT2D eigenvalue weighted by Crippen LogP contribution is 2.18. The third kappa shape index (κ3) is 2.46. The molecule has 1 aliphatic rings. The van der Waals surface area contributed by atoms with Gasteiger partial charge in [0, 0.05) is 18.6 Å². The second kappa shape index (κ2) is 4.83. The fraction of sp³-hybridized carbons (Fsp3) is 1.00. The maximum atomic E-state index is 3.28. The van der Waals surface area contributed by atoms with Gasteiger partial charge in [-0.3, -0.25) is 4.90 Å². The van der Waals surface area contributed by atoms with Crippen molar-refractivity contribution >= 4 is 0 Å². The highest BCUT2D eigenvalue weighted by atomic mass is 15.2. The molecule has 0 radical (unpaired) electrons. The molecule has 1 saturated heterocycles. The summed E-state index contributed by atoms with van der Waals surface area (Å²) in [5.74, 6) is 0. The molecule has 1 aliphatic heterocycles. The van der Waals surface area contributed by atoms with Gasteiger partial charge in [0.1, 0.15) is 0 Å². The summed E-state index contributed by atoms with van der Waals surface area (Å²) in [6.07, 6.45) is 4.17. The molecule has 0 aromatic heterocycles. The fourth-order valence-electron chi connectivity index (χ4n) is 2.16. The first-order valence-corrected chi connectivity index (χ1v) is 5.16. The average molecular weight is 170 g/mol. The summed E-state index contributed by atoms with van der Waals surface area (Å²) in [6, 6.07) is 1.49. The van der Waals surface area contributed by atoms with E-state index in [1.54, 1.807) is 0 Å². The third-order valence-corrected chi connectivity index (χ3v) is 2.78. The molecule has 0 bridgehead atoms. The van der Waals surface area contributed by atoms with Gasteiger partial charge in [-0.05, 0) is 40.3 Å². The third-order valence-electron chi connectivity index (χ3n) is 2.78. The summed E-state index contributed by atoms with van der Waals surface area (Å²) < 4.78 is 0. The van der Waals surface area contributed by atoms with Crippen molar-refractivity contribution in [2.45, 2.75) is 45.2 Å². The minimum Gasteiger partial charge on any atom is -0.318 e. The number of likely N-dealkylation sites (N-methyl/N-ethyl adjacent to an activating group) is 1. The Morgan fingerprint density at radius 1 is 1.42 bits per heavy atom. The van der Waals surface area contributed by atoms with Gasteiger partial charge in [0.2, 0.25) is 0 Å². The second-order valence-electron chi connectivity index (χ2n) is 4.04. The number of likely N-dealkylation sites (tertiary alicyclic amines) is 1. The normalized spacial score (nSPS) is 26.5. The van der Waals surface area contributed by atoms with Crippen LogP contribution in [0.2, 0.25) is 0 Å². The van der Waals surface area contributed by atoms with Crippen LogP contribution in [0.4, 0.5) is 0 Å². The van der Waals surface area contributed by atoms with Gasteiger partial charge in [-0.2, -0.15) is 0 Å². The van der Waals surface area contributed by atoms with Gasteiger partial charge < -0.3 is 5.32 Å². The van der Waals surface area contributed by atoms with Crippen molar-refractivity contribution in [2.24, 2.45) is 0 Å². The Balaban J connectivity index is 2.42. The van der Waals surface area contributed by atoms with Crippen molar-refractivity contribution in [1.29, 1.82) is 0 Å². The van der Waals surface area contributed by atoms with Crippen LogP contribution in [0.15, 0.2) is 0 Å². The van der Waals surface area contributed by atoms with E-state index in [2.05, 4.69) is 24.1 Å². The molecule has 1 heterocycles. The van der Waals surface area contributed by atoms with Gasteiger partial charge in [-0.15, -0.1) is 0 Å². The summed E-state index contributed by atoms with van der Waals surface area (Å²) in [6.45, 7) is 7.05. The highest BCUT2D eigenvalue weighted by molar-refractivity contribution is 4.80. The molecule has 2 heteroatoms. The lowest BCUT2D eigenvalue weighted by molar-refractivity contribution is 0.112. The van der Waals surface area contributed by atoms with Crippen LogP contribution >= 0.6 is 0 Å². The van der Waals surface area contributed by atoms with E-state index in [9.17, 15) is 0 Å². The molecule has 12 heavy (non-hydrogen) atoms. The molecular weight excluding hydrogens is 148 g/mol. The van der Waals surface area contributed by atoms with E-state index in [0.29, 0.717) is 6.04 Å². The van der Waals surface area contributed by atoms with Crippen molar-refractivity contribution in [3.8, 4) is 0 Å². The summed E-state index contributed by atoms with van der Waals surface area (Å²) in [5.41, 5.74) is 0. The summed E-state index contributed by atoms with van der Waals surface area (Å²) in [7, 11) is 2.05. The van der Waals surface area contributed by atoms with Crippen molar-refractivity contribution in [1.82, 2.24) is 10.2 Å². The Morgan fingerprint density at radius 3 is 2.75 bits per heavy atom. The minimum absolute atomic E-state index is 0.712. The summed E-state index contributed by atoms with van der Waals surface area (Å²) in [5, 5.41) is 3.28. The van der Waals surface area contributed by atoms with Gasteiger partial charge in [0.05, 0.1) is 0 Å². The zero-order valence-corrected chi connectivity index (χ0v) is 8.64. The fourth-order valence-corrected chi connectivity index (χ4v) is 2.16. The molecule has 0 aromatic rings. The van der Waals surface area contributed by atoms with E-state index in [-0.39, 0.29) is 0 Å². The molecule has 2 nitrogen and oxygen atoms in total. The number of piperidine rings is 1. The maximum absolute atomic E-state index is 3.28. The minimum atomic E-state index is 0.712. The van der Waals surface area contributed by atoms with Crippen LogP contribution < -0.4 is 5.32 Å². The van der Waals surface area contributed by atoms with Crippen LogP contribution in [0, 0.1) is 0 Å². The predicted molar refractivity (Wildman–Crippen MR) is 53.4 cm³/mol. The Bertz CT molecular complexity index is 121. The first-order valence-electron chi connectivity index (χ1n) is 5.16. The SMILES string of the molecule is CNC[C@H]1CCCCN1C(C)C. The zero-order chi connectivity index (χ0) is 8.97. The lowest BCUT2D eigenvalue weighted by Gasteiger charge is -2.38. The highest BCUT2D eigenvalue weighted by Gasteiger charge is 2.23. The van der Waals surface area contributed by atoms with Crippen molar-refractivity contribution < 1.29 is 0 Å². The van der Waals surface area contributed by atoms with Gasteiger partial charge in [-0.25, -0.2) is 0 Å². The van der Waals surface area contributed by atoms with Crippen LogP contribution in [0.3, 0.4) is 0 Å². The molecule has 0 spiro atoms. The topological polar surface area (TPSA) is 15.3 Å². The van der Waals surface area contributed by atoms with Crippen LogP contribution in [-0.4, -0.2) is 37.1 Å². The molecule has 1 N–H and O–H groups in total. The quantitative estimate of drug-likeness (QED) is 0.690. The first-order chi connectivity index (χ1) is 5.75. The molecule has 1 atom stereocenters. The van der Waals surface area contributed by atoms with Crippen molar-refractivity contribution in [3.05, 3.63) is 0 Å². The Morgan fingerprint density at radius 2 is 2.17 bits per heavy atom. The van der Waals surface area contributed by atoms with Crippen LogP contribution in [0.5, 0.6) is 0 Å². The smallest absolute Gasteiger partial charge is 0.0223 e. The Hall–Kier alpha value is -0.0800. The monoisotopic (exact) mass is 170 g/mol. The molecule has 0 amide bonds. The van der Waals surface area contributed by atoms with E-state index >= 15 is 0 Å². The molecule has 0 aromatic carbocycles. The van der Waals surface area contributed by atoms with Crippen molar-refractivity contribution in [3.63, 3.8) is 0 Å². The van der Waals surface area contributed by atoms with E-state index in [4.69, 9.17) is 0 Å². The standard InChI is InChI=1S/C10H22N2/c1-9(2)12-7-5-4-6-10(12)8-11-3/h9-11H,4-8H2,1-3H3/t10-/m1/s1. The largest absolute Gasteiger partial charge is 0.318 e. The molecule has 0 unspecified atom stereocenters. The lowest BCUT2D eigenvalue weighted by atomic mass is 10.0. The predicted octanol–water partition coefficient (Wildman–Crippen LogP) is 1.47. The molecule has 72 valence electrons.